The van der Waals surface area contributed by atoms with Gasteiger partial charge in [-0.05, 0) is 25.7 Å². The molecule has 0 aromatic heterocycles. The number of hydrogen-bond acceptors (Lipinski definition) is 3. The van der Waals surface area contributed by atoms with Crippen LogP contribution in [0.4, 0.5) is 0 Å². The Bertz CT molecular complexity index is 270. The average molecular weight is 239 g/mol. The molecule has 2 saturated carbocycles. The normalized spacial score (nSPS) is 28.7. The van der Waals surface area contributed by atoms with Crippen LogP contribution in [0.25, 0.3) is 0 Å². The Balaban J connectivity index is 2.17. The largest absolute Gasteiger partial charge is 0.389 e. The molecule has 3 N–H and O–H groups in total. The third-order valence-corrected chi connectivity index (χ3v) is 5.07. The molecule has 0 bridgehead atoms. The van der Waals surface area contributed by atoms with Crippen LogP contribution in [0.2, 0.25) is 0 Å². The number of carbonyl (C=O) groups excluding carboxylic acids is 1. The van der Waals surface area contributed by atoms with Gasteiger partial charge in [0.2, 0.25) is 0 Å². The first-order valence-electron chi connectivity index (χ1n) is 7.06. The number of aliphatic hydroxyl groups is 1. The Morgan fingerprint density at radius 1 is 1.00 bits per heavy atom. The molecule has 2 aliphatic carbocycles. The molecule has 0 unspecified atom stereocenters. The Labute approximate surface area is 104 Å². The van der Waals surface area contributed by atoms with E-state index >= 15 is 0 Å². The third-order valence-electron chi connectivity index (χ3n) is 5.07. The van der Waals surface area contributed by atoms with Crippen molar-refractivity contribution < 1.29 is 9.90 Å². The summed E-state index contributed by atoms with van der Waals surface area (Å²) < 4.78 is 0. The lowest BCUT2D eigenvalue weighted by molar-refractivity contribution is -0.140. The van der Waals surface area contributed by atoms with Gasteiger partial charge < -0.3 is 10.8 Å². The minimum atomic E-state index is -0.681. The fraction of sp³-hybridized carbons (Fsp3) is 0.929. The number of hydrogen-bond donors (Lipinski definition) is 2. The summed E-state index contributed by atoms with van der Waals surface area (Å²) >= 11 is 0. The van der Waals surface area contributed by atoms with E-state index < -0.39 is 5.60 Å². The molecule has 0 heterocycles. The summed E-state index contributed by atoms with van der Waals surface area (Å²) in [4.78, 5) is 11.4. The minimum absolute atomic E-state index is 0.121. The van der Waals surface area contributed by atoms with E-state index in [0.29, 0.717) is 38.0 Å². The van der Waals surface area contributed by atoms with E-state index in [1.54, 1.807) is 0 Å². The van der Waals surface area contributed by atoms with Gasteiger partial charge in [0.15, 0.2) is 0 Å². The predicted molar refractivity (Wildman–Crippen MR) is 67.6 cm³/mol. The van der Waals surface area contributed by atoms with Crippen molar-refractivity contribution in [2.24, 2.45) is 11.1 Å². The molecule has 0 aliphatic heterocycles. The van der Waals surface area contributed by atoms with E-state index in [9.17, 15) is 9.90 Å². The first kappa shape index (κ1) is 13.0. The van der Waals surface area contributed by atoms with Gasteiger partial charge >= 0.3 is 0 Å². The summed E-state index contributed by atoms with van der Waals surface area (Å²) in [6.07, 6.45) is 9.28. The Kier molecular flexibility index (Phi) is 3.88. The lowest BCUT2D eigenvalue weighted by atomic mass is 9.61. The second kappa shape index (κ2) is 5.07. The molecule has 0 spiro atoms. The summed E-state index contributed by atoms with van der Waals surface area (Å²) in [7, 11) is 0. The van der Waals surface area contributed by atoms with Crippen LogP contribution in [-0.4, -0.2) is 23.0 Å². The van der Waals surface area contributed by atoms with Gasteiger partial charge in [0.1, 0.15) is 5.78 Å². The van der Waals surface area contributed by atoms with Gasteiger partial charge in [-0.3, -0.25) is 4.79 Å². The van der Waals surface area contributed by atoms with Gasteiger partial charge in [-0.2, -0.15) is 0 Å². The standard InChI is InChI=1S/C14H25NO2/c15-11-13(7-3-1-2-4-8-13)14(17)9-5-12(16)6-10-14/h17H,1-11,15H2. The van der Waals surface area contributed by atoms with E-state index in [2.05, 4.69) is 0 Å². The van der Waals surface area contributed by atoms with Crippen molar-refractivity contribution in [1.82, 2.24) is 0 Å². The van der Waals surface area contributed by atoms with Crippen molar-refractivity contribution in [2.75, 3.05) is 6.54 Å². The molecule has 0 amide bonds. The number of nitrogens with two attached hydrogens (primary N) is 1. The maximum atomic E-state index is 11.4. The minimum Gasteiger partial charge on any atom is -0.389 e. The van der Waals surface area contributed by atoms with Crippen LogP contribution in [0, 0.1) is 5.41 Å². The molecular formula is C14H25NO2. The summed E-state index contributed by atoms with van der Waals surface area (Å²) in [5.74, 6) is 0.301. The van der Waals surface area contributed by atoms with Gasteiger partial charge in [0, 0.05) is 24.8 Å². The first-order valence-corrected chi connectivity index (χ1v) is 7.06. The van der Waals surface area contributed by atoms with Gasteiger partial charge in [-0.1, -0.05) is 25.7 Å². The third kappa shape index (κ3) is 2.41. The molecule has 0 aromatic rings. The van der Waals surface area contributed by atoms with Crippen LogP contribution in [0.3, 0.4) is 0 Å². The van der Waals surface area contributed by atoms with Crippen molar-refractivity contribution in [3.05, 3.63) is 0 Å². The van der Waals surface area contributed by atoms with Gasteiger partial charge in [0.05, 0.1) is 5.60 Å². The zero-order valence-corrected chi connectivity index (χ0v) is 10.7. The zero-order chi connectivity index (χ0) is 12.4. The summed E-state index contributed by atoms with van der Waals surface area (Å²) in [5, 5.41) is 11.0. The summed E-state index contributed by atoms with van der Waals surface area (Å²) in [6, 6.07) is 0. The maximum absolute atomic E-state index is 11.4. The summed E-state index contributed by atoms with van der Waals surface area (Å²) in [6.45, 7) is 0.567. The number of rotatable bonds is 2. The summed E-state index contributed by atoms with van der Waals surface area (Å²) in [5.41, 5.74) is 5.21. The zero-order valence-electron chi connectivity index (χ0n) is 10.7. The lowest BCUT2D eigenvalue weighted by Gasteiger charge is -2.48. The predicted octanol–water partition coefficient (Wildman–Crippen LogP) is 2.16. The van der Waals surface area contributed by atoms with E-state index in [-0.39, 0.29) is 5.41 Å². The second-order valence-electron chi connectivity index (χ2n) is 5.97. The maximum Gasteiger partial charge on any atom is 0.133 e. The molecular weight excluding hydrogens is 214 g/mol. The molecule has 2 fully saturated rings. The molecule has 0 radical (unpaired) electrons. The highest BCUT2D eigenvalue weighted by Gasteiger charge is 2.50. The van der Waals surface area contributed by atoms with Crippen molar-refractivity contribution in [3.63, 3.8) is 0 Å². The Morgan fingerprint density at radius 3 is 2.00 bits per heavy atom. The van der Waals surface area contributed by atoms with Crippen molar-refractivity contribution in [2.45, 2.75) is 69.8 Å². The van der Waals surface area contributed by atoms with E-state index in [4.69, 9.17) is 5.73 Å². The number of ketones is 1. The second-order valence-corrected chi connectivity index (χ2v) is 5.97. The van der Waals surface area contributed by atoms with Gasteiger partial charge in [-0.25, -0.2) is 0 Å². The Hall–Kier alpha value is -0.410. The van der Waals surface area contributed by atoms with Crippen LogP contribution in [-0.2, 0) is 4.79 Å². The van der Waals surface area contributed by atoms with Gasteiger partial charge in [-0.15, -0.1) is 0 Å². The highest BCUT2D eigenvalue weighted by atomic mass is 16.3. The van der Waals surface area contributed by atoms with Crippen molar-refractivity contribution in [3.8, 4) is 0 Å². The number of Topliss-reactive ketones (excluding diaryl/α,β-unsaturated/α-hetero) is 1. The molecule has 0 saturated heterocycles. The van der Waals surface area contributed by atoms with E-state index in [1.165, 1.54) is 25.7 Å². The highest BCUT2D eigenvalue weighted by Crippen LogP contribution is 2.49. The first-order chi connectivity index (χ1) is 8.12. The van der Waals surface area contributed by atoms with Crippen molar-refractivity contribution >= 4 is 5.78 Å². The quantitative estimate of drug-likeness (QED) is 0.726. The van der Waals surface area contributed by atoms with Crippen LogP contribution >= 0.6 is 0 Å². The molecule has 17 heavy (non-hydrogen) atoms. The van der Waals surface area contributed by atoms with Crippen LogP contribution in [0.5, 0.6) is 0 Å². The molecule has 2 rings (SSSR count). The van der Waals surface area contributed by atoms with E-state index in [1.807, 2.05) is 0 Å². The molecule has 0 aromatic carbocycles. The highest BCUT2D eigenvalue weighted by molar-refractivity contribution is 5.79. The monoisotopic (exact) mass is 239 g/mol. The molecule has 98 valence electrons. The van der Waals surface area contributed by atoms with Gasteiger partial charge in [0.25, 0.3) is 0 Å². The van der Waals surface area contributed by atoms with E-state index in [0.717, 1.165) is 12.8 Å². The SMILES string of the molecule is NCC1(C2(O)CCC(=O)CC2)CCCCCC1. The van der Waals surface area contributed by atoms with Crippen LogP contribution in [0.1, 0.15) is 64.2 Å². The molecule has 2 aliphatic rings. The number of carbonyl (C=O) groups is 1. The smallest absolute Gasteiger partial charge is 0.133 e. The fourth-order valence-corrected chi connectivity index (χ4v) is 3.74. The van der Waals surface area contributed by atoms with Crippen molar-refractivity contribution in [1.29, 1.82) is 0 Å². The lowest BCUT2D eigenvalue weighted by Crippen LogP contribution is -2.54. The molecule has 0 atom stereocenters. The topological polar surface area (TPSA) is 63.3 Å². The molecule has 3 heteroatoms. The fourth-order valence-electron chi connectivity index (χ4n) is 3.74. The Morgan fingerprint density at radius 2 is 1.53 bits per heavy atom. The average Bonchev–Trinajstić information content (AvgIpc) is 2.59. The van der Waals surface area contributed by atoms with Crippen LogP contribution < -0.4 is 5.73 Å². The molecule has 3 nitrogen and oxygen atoms in total. The van der Waals surface area contributed by atoms with Crippen LogP contribution in [0.15, 0.2) is 0 Å².